The topological polar surface area (TPSA) is 98.7 Å². The van der Waals surface area contributed by atoms with Crippen molar-refractivity contribution in [2.45, 2.75) is 19.8 Å². The summed E-state index contributed by atoms with van der Waals surface area (Å²) in [5.74, 6) is -0.519. The summed E-state index contributed by atoms with van der Waals surface area (Å²) in [6.45, 7) is 2.26. The van der Waals surface area contributed by atoms with E-state index in [4.69, 9.17) is 5.11 Å². The van der Waals surface area contributed by atoms with Gasteiger partial charge in [-0.15, -0.1) is 0 Å². The third kappa shape index (κ3) is 4.33. The van der Waals surface area contributed by atoms with E-state index in [1.165, 1.54) is 0 Å². The van der Waals surface area contributed by atoms with E-state index >= 15 is 0 Å². The van der Waals surface area contributed by atoms with E-state index in [9.17, 15) is 14.4 Å². The number of carbonyl (C=O) groups is 3. The Labute approximate surface area is 106 Å². The fourth-order valence-corrected chi connectivity index (χ4v) is 1.58. The van der Waals surface area contributed by atoms with Gasteiger partial charge in [0.2, 0.25) is 5.91 Å². The lowest BCUT2D eigenvalue weighted by Crippen LogP contribution is -2.41. The molecule has 102 valence electrons. The summed E-state index contributed by atoms with van der Waals surface area (Å²) in [4.78, 5) is 34.7. The van der Waals surface area contributed by atoms with Crippen molar-refractivity contribution in [3.05, 3.63) is 0 Å². The van der Waals surface area contributed by atoms with Crippen LogP contribution in [0.1, 0.15) is 19.8 Å². The summed E-state index contributed by atoms with van der Waals surface area (Å²) >= 11 is 0. The van der Waals surface area contributed by atoms with Gasteiger partial charge in [-0.25, -0.2) is 4.79 Å². The van der Waals surface area contributed by atoms with E-state index in [-0.39, 0.29) is 37.4 Å². The predicted molar refractivity (Wildman–Crippen MR) is 63.6 cm³/mol. The van der Waals surface area contributed by atoms with Crippen LogP contribution in [-0.4, -0.2) is 54.1 Å². The highest BCUT2D eigenvalue weighted by Gasteiger charge is 2.29. The van der Waals surface area contributed by atoms with Crippen LogP contribution in [0.3, 0.4) is 0 Å². The summed E-state index contributed by atoms with van der Waals surface area (Å²) in [6.07, 6.45) is 1.58. The van der Waals surface area contributed by atoms with Crippen molar-refractivity contribution in [3.8, 4) is 0 Å². The molecule has 1 fully saturated rings. The number of aliphatic hydroxyl groups excluding tert-OH is 1. The van der Waals surface area contributed by atoms with Gasteiger partial charge in [-0.1, -0.05) is 6.92 Å². The number of carbonyl (C=O) groups excluding carboxylic acids is 3. The van der Waals surface area contributed by atoms with Crippen LogP contribution in [-0.2, 0) is 9.59 Å². The average molecular weight is 257 g/mol. The minimum Gasteiger partial charge on any atom is -0.396 e. The maximum absolute atomic E-state index is 11.5. The van der Waals surface area contributed by atoms with Crippen molar-refractivity contribution in [1.29, 1.82) is 0 Å². The second kappa shape index (κ2) is 6.95. The number of imide groups is 1. The van der Waals surface area contributed by atoms with Crippen molar-refractivity contribution >= 4 is 17.8 Å². The van der Waals surface area contributed by atoms with Gasteiger partial charge in [-0.05, 0) is 18.8 Å². The van der Waals surface area contributed by atoms with Crippen LogP contribution < -0.4 is 10.6 Å². The Morgan fingerprint density at radius 1 is 1.56 bits per heavy atom. The molecule has 0 aliphatic carbocycles. The molecule has 4 amide bonds. The number of hydrogen-bond donors (Lipinski definition) is 3. The molecule has 18 heavy (non-hydrogen) atoms. The van der Waals surface area contributed by atoms with Crippen LogP contribution in [0, 0.1) is 5.92 Å². The monoisotopic (exact) mass is 257 g/mol. The Hall–Kier alpha value is -1.63. The number of rotatable bonds is 7. The number of nitrogens with one attached hydrogen (secondary N) is 2. The molecule has 0 saturated carbocycles. The molecule has 0 spiro atoms. The summed E-state index contributed by atoms with van der Waals surface area (Å²) in [5, 5.41) is 13.8. The predicted octanol–water partition coefficient (Wildman–Crippen LogP) is -0.937. The third-order valence-corrected chi connectivity index (χ3v) is 2.75. The SMILES string of the molecule is CC(CO)CCCNC(=O)CN1C(=O)CNC1=O. The van der Waals surface area contributed by atoms with Gasteiger partial charge < -0.3 is 15.7 Å². The van der Waals surface area contributed by atoms with Crippen LogP contribution in [0.5, 0.6) is 0 Å². The molecule has 1 aliphatic heterocycles. The van der Waals surface area contributed by atoms with Gasteiger partial charge in [-0.2, -0.15) is 0 Å². The Bertz CT molecular complexity index is 316. The number of urea groups is 1. The van der Waals surface area contributed by atoms with Gasteiger partial charge in [0.05, 0.1) is 6.54 Å². The van der Waals surface area contributed by atoms with Gasteiger partial charge in [0.15, 0.2) is 0 Å². The second-order valence-electron chi connectivity index (χ2n) is 4.42. The molecular weight excluding hydrogens is 238 g/mol. The highest BCUT2D eigenvalue weighted by atomic mass is 16.3. The van der Waals surface area contributed by atoms with Crippen molar-refractivity contribution < 1.29 is 19.5 Å². The van der Waals surface area contributed by atoms with Gasteiger partial charge in [-0.3, -0.25) is 14.5 Å². The van der Waals surface area contributed by atoms with Gasteiger partial charge in [0.25, 0.3) is 5.91 Å². The van der Waals surface area contributed by atoms with Crippen LogP contribution in [0.4, 0.5) is 4.79 Å². The van der Waals surface area contributed by atoms with Gasteiger partial charge in [0, 0.05) is 13.2 Å². The zero-order valence-electron chi connectivity index (χ0n) is 10.4. The molecule has 7 heteroatoms. The van der Waals surface area contributed by atoms with Crippen molar-refractivity contribution in [2.24, 2.45) is 5.92 Å². The molecule has 1 heterocycles. The quantitative estimate of drug-likeness (QED) is 0.405. The first kappa shape index (κ1) is 14.4. The summed E-state index contributed by atoms with van der Waals surface area (Å²) in [6, 6.07) is -0.524. The highest BCUT2D eigenvalue weighted by Crippen LogP contribution is 2.02. The first-order chi connectivity index (χ1) is 8.54. The summed E-state index contributed by atoms with van der Waals surface area (Å²) in [5.41, 5.74) is 0. The number of nitrogens with zero attached hydrogens (tertiary/aromatic N) is 1. The standard InChI is InChI=1S/C11H19N3O4/c1-8(7-15)3-2-4-12-9(16)6-14-10(17)5-13-11(14)18/h8,15H,2-7H2,1H3,(H,12,16)(H,13,18). The van der Waals surface area contributed by atoms with Crippen molar-refractivity contribution in [3.63, 3.8) is 0 Å². The Balaban J connectivity index is 2.18. The molecule has 1 rings (SSSR count). The average Bonchev–Trinajstić information content (AvgIpc) is 2.66. The van der Waals surface area contributed by atoms with Crippen LogP contribution in [0.25, 0.3) is 0 Å². The van der Waals surface area contributed by atoms with E-state index in [1.807, 2.05) is 6.92 Å². The maximum atomic E-state index is 11.5. The molecule has 1 aliphatic rings. The van der Waals surface area contributed by atoms with E-state index in [2.05, 4.69) is 10.6 Å². The van der Waals surface area contributed by atoms with E-state index in [0.29, 0.717) is 6.54 Å². The van der Waals surface area contributed by atoms with Crippen LogP contribution in [0.2, 0.25) is 0 Å². The lowest BCUT2D eigenvalue weighted by Gasteiger charge is -2.12. The zero-order chi connectivity index (χ0) is 13.5. The molecule has 0 aromatic heterocycles. The molecule has 1 atom stereocenters. The Morgan fingerprint density at radius 3 is 2.83 bits per heavy atom. The Morgan fingerprint density at radius 2 is 2.28 bits per heavy atom. The van der Waals surface area contributed by atoms with Crippen LogP contribution >= 0.6 is 0 Å². The summed E-state index contributed by atoms with van der Waals surface area (Å²) in [7, 11) is 0. The van der Waals surface area contributed by atoms with Crippen molar-refractivity contribution in [2.75, 3.05) is 26.2 Å². The summed E-state index contributed by atoms with van der Waals surface area (Å²) < 4.78 is 0. The van der Waals surface area contributed by atoms with Gasteiger partial charge in [0.1, 0.15) is 6.54 Å². The van der Waals surface area contributed by atoms with Crippen molar-refractivity contribution in [1.82, 2.24) is 15.5 Å². The minimum atomic E-state index is -0.524. The molecule has 0 aromatic rings. The zero-order valence-corrected chi connectivity index (χ0v) is 10.4. The fourth-order valence-electron chi connectivity index (χ4n) is 1.58. The molecular formula is C11H19N3O4. The van der Waals surface area contributed by atoms with E-state index in [0.717, 1.165) is 17.7 Å². The highest BCUT2D eigenvalue weighted by molar-refractivity contribution is 6.04. The van der Waals surface area contributed by atoms with Crippen LogP contribution in [0.15, 0.2) is 0 Å². The largest absolute Gasteiger partial charge is 0.396 e. The number of amides is 4. The minimum absolute atomic E-state index is 0.0415. The molecule has 3 N–H and O–H groups in total. The molecule has 0 aromatic carbocycles. The lowest BCUT2D eigenvalue weighted by molar-refractivity contribution is -0.130. The fraction of sp³-hybridized carbons (Fsp3) is 0.727. The Kier molecular flexibility index (Phi) is 5.57. The second-order valence-corrected chi connectivity index (χ2v) is 4.42. The smallest absolute Gasteiger partial charge is 0.325 e. The van der Waals surface area contributed by atoms with E-state index < -0.39 is 6.03 Å². The molecule has 1 unspecified atom stereocenters. The maximum Gasteiger partial charge on any atom is 0.325 e. The molecule has 7 nitrogen and oxygen atoms in total. The molecule has 1 saturated heterocycles. The molecule has 0 bridgehead atoms. The lowest BCUT2D eigenvalue weighted by atomic mass is 10.1. The third-order valence-electron chi connectivity index (χ3n) is 2.75. The first-order valence-corrected chi connectivity index (χ1v) is 6.00. The first-order valence-electron chi connectivity index (χ1n) is 6.00. The van der Waals surface area contributed by atoms with E-state index in [1.54, 1.807) is 0 Å². The normalized spacial score (nSPS) is 16.7. The molecule has 0 radical (unpaired) electrons. The van der Waals surface area contributed by atoms with Gasteiger partial charge >= 0.3 is 6.03 Å². The number of aliphatic hydroxyl groups is 1. The number of hydrogen-bond acceptors (Lipinski definition) is 4.